The van der Waals surface area contributed by atoms with E-state index < -0.39 is 4.92 Å². The van der Waals surface area contributed by atoms with Crippen LogP contribution in [0.1, 0.15) is 0 Å². The van der Waals surface area contributed by atoms with Gasteiger partial charge in [0.2, 0.25) is 0 Å². The zero-order chi connectivity index (χ0) is 15.3. The second-order valence-electron chi connectivity index (χ2n) is 4.90. The number of nitrogens with zero attached hydrogens (tertiary/aromatic N) is 2. The predicted molar refractivity (Wildman–Crippen MR) is 81.9 cm³/mol. The lowest BCUT2D eigenvalue weighted by Gasteiger charge is -2.19. The number of pyridine rings is 1. The summed E-state index contributed by atoms with van der Waals surface area (Å²) in [5, 5.41) is 12.6. The van der Waals surface area contributed by atoms with Gasteiger partial charge in [-0.3, -0.25) is 10.1 Å². The average molecular weight is 317 g/mol. The lowest BCUT2D eigenvalue weighted by molar-refractivity contribution is -0.384. The normalized spacial score (nSPS) is 13.5. The van der Waals surface area contributed by atoms with Crippen molar-refractivity contribution < 1.29 is 14.4 Å². The third kappa shape index (κ3) is 1.92. The van der Waals surface area contributed by atoms with Gasteiger partial charge >= 0.3 is 0 Å². The van der Waals surface area contributed by atoms with Crippen LogP contribution in [-0.2, 0) is 0 Å². The highest BCUT2D eigenvalue weighted by molar-refractivity contribution is 6.40. The monoisotopic (exact) mass is 316 g/mol. The molecule has 0 bridgehead atoms. The molecule has 110 valence electrons. The van der Waals surface area contributed by atoms with Crippen molar-refractivity contribution in [1.82, 2.24) is 4.98 Å². The molecule has 22 heavy (non-hydrogen) atoms. The minimum atomic E-state index is -0.455. The molecule has 1 aromatic heterocycles. The fourth-order valence-corrected chi connectivity index (χ4v) is 2.83. The summed E-state index contributed by atoms with van der Waals surface area (Å²) >= 11 is 6.43. The van der Waals surface area contributed by atoms with Crippen molar-refractivity contribution in [3.05, 3.63) is 45.5 Å². The van der Waals surface area contributed by atoms with Crippen LogP contribution in [-0.4, -0.2) is 23.1 Å². The lowest BCUT2D eigenvalue weighted by atomic mass is 10.1. The van der Waals surface area contributed by atoms with E-state index in [-0.39, 0.29) is 5.69 Å². The van der Waals surface area contributed by atoms with Crippen LogP contribution in [0.15, 0.2) is 30.3 Å². The molecular weight excluding hydrogens is 308 g/mol. The summed E-state index contributed by atoms with van der Waals surface area (Å²) < 4.78 is 11.1. The van der Waals surface area contributed by atoms with Crippen molar-refractivity contribution in [2.75, 3.05) is 13.2 Å². The Balaban J connectivity index is 2.05. The summed E-state index contributed by atoms with van der Waals surface area (Å²) in [6, 6.07) is 7.97. The van der Waals surface area contributed by atoms with Crippen LogP contribution in [0.2, 0.25) is 5.02 Å². The molecule has 4 rings (SSSR count). The highest BCUT2D eigenvalue weighted by Crippen LogP contribution is 2.39. The van der Waals surface area contributed by atoms with Crippen molar-refractivity contribution in [3.8, 4) is 11.5 Å². The van der Waals surface area contributed by atoms with Crippen LogP contribution in [0.5, 0.6) is 11.5 Å². The first-order valence-electron chi connectivity index (χ1n) is 6.60. The van der Waals surface area contributed by atoms with E-state index in [2.05, 4.69) is 4.98 Å². The molecule has 2 heterocycles. The lowest BCUT2D eigenvalue weighted by Crippen LogP contribution is -2.15. The molecule has 0 amide bonds. The molecule has 3 aromatic rings. The van der Waals surface area contributed by atoms with Crippen molar-refractivity contribution >= 4 is 39.1 Å². The molecule has 1 aliphatic rings. The highest BCUT2D eigenvalue weighted by Gasteiger charge is 2.17. The van der Waals surface area contributed by atoms with Gasteiger partial charge in [0.25, 0.3) is 5.69 Å². The minimum absolute atomic E-state index is 0.0203. The molecule has 0 N–H and O–H groups in total. The van der Waals surface area contributed by atoms with Crippen molar-refractivity contribution in [2.24, 2.45) is 0 Å². The second-order valence-corrected chi connectivity index (χ2v) is 5.28. The van der Waals surface area contributed by atoms with Gasteiger partial charge in [-0.2, -0.15) is 0 Å². The average Bonchev–Trinajstić information content (AvgIpc) is 2.53. The first-order chi connectivity index (χ1) is 10.6. The van der Waals surface area contributed by atoms with Gasteiger partial charge in [-0.15, -0.1) is 0 Å². The third-order valence-corrected chi connectivity index (χ3v) is 3.97. The van der Waals surface area contributed by atoms with E-state index in [0.717, 1.165) is 0 Å². The highest BCUT2D eigenvalue weighted by atomic mass is 35.5. The van der Waals surface area contributed by atoms with Crippen LogP contribution in [0.4, 0.5) is 5.69 Å². The zero-order valence-corrected chi connectivity index (χ0v) is 12.0. The van der Waals surface area contributed by atoms with Crippen molar-refractivity contribution in [3.63, 3.8) is 0 Å². The van der Waals surface area contributed by atoms with E-state index in [1.54, 1.807) is 18.2 Å². The number of nitro groups is 1. The summed E-state index contributed by atoms with van der Waals surface area (Å²) in [7, 11) is 0. The molecule has 0 atom stereocenters. The number of non-ortho nitro benzene ring substituents is 1. The van der Waals surface area contributed by atoms with Crippen LogP contribution in [0.25, 0.3) is 21.8 Å². The largest absolute Gasteiger partial charge is 0.486 e. The molecular formula is C15H9ClN2O4. The number of ether oxygens (including phenoxy) is 2. The second kappa shape index (κ2) is 4.71. The van der Waals surface area contributed by atoms with Gasteiger partial charge in [-0.1, -0.05) is 11.6 Å². The molecule has 0 radical (unpaired) electrons. The van der Waals surface area contributed by atoms with Crippen molar-refractivity contribution in [1.29, 1.82) is 0 Å². The van der Waals surface area contributed by atoms with Crippen LogP contribution < -0.4 is 9.47 Å². The number of benzene rings is 2. The summed E-state index contributed by atoms with van der Waals surface area (Å²) in [6.45, 7) is 0.967. The molecule has 6 nitrogen and oxygen atoms in total. The number of hydrogen-bond acceptors (Lipinski definition) is 5. The fraction of sp³-hybridized carbons (Fsp3) is 0.133. The van der Waals surface area contributed by atoms with Crippen molar-refractivity contribution in [2.45, 2.75) is 0 Å². The van der Waals surface area contributed by atoms with Gasteiger partial charge < -0.3 is 9.47 Å². The Kier molecular flexibility index (Phi) is 2.80. The Bertz CT molecular complexity index is 942. The molecule has 0 saturated heterocycles. The maximum absolute atomic E-state index is 10.9. The van der Waals surface area contributed by atoms with Crippen LogP contribution >= 0.6 is 11.6 Å². The van der Waals surface area contributed by atoms with Gasteiger partial charge in [-0.05, 0) is 12.1 Å². The fourth-order valence-electron chi connectivity index (χ4n) is 2.53. The van der Waals surface area contributed by atoms with Gasteiger partial charge in [-0.25, -0.2) is 4.98 Å². The maximum Gasteiger partial charge on any atom is 0.270 e. The van der Waals surface area contributed by atoms with Crippen LogP contribution in [0.3, 0.4) is 0 Å². The SMILES string of the molecule is O=[N+]([O-])c1ccc2nc3cc4c(cc3c(Cl)c2c1)OCCO4. The van der Waals surface area contributed by atoms with Gasteiger partial charge in [0, 0.05) is 29.0 Å². The van der Waals surface area contributed by atoms with E-state index in [4.69, 9.17) is 21.1 Å². The maximum atomic E-state index is 10.9. The summed E-state index contributed by atoms with van der Waals surface area (Å²) in [6.07, 6.45) is 0. The van der Waals surface area contributed by atoms with E-state index in [9.17, 15) is 10.1 Å². The molecule has 0 spiro atoms. The first-order valence-corrected chi connectivity index (χ1v) is 6.98. The Hall–Kier alpha value is -2.60. The summed E-state index contributed by atoms with van der Waals surface area (Å²) in [5.74, 6) is 1.23. The third-order valence-electron chi connectivity index (χ3n) is 3.57. The number of halogens is 1. The van der Waals surface area contributed by atoms with Gasteiger partial charge in [0.1, 0.15) is 13.2 Å². The Morgan fingerprint density at radius 2 is 1.73 bits per heavy atom. The standard InChI is InChI=1S/C15H9ClN2O4/c16-15-9-5-8(18(19)20)1-2-11(9)17-12-7-14-13(6-10(12)15)21-3-4-22-14/h1-2,5-7H,3-4H2. The Morgan fingerprint density at radius 3 is 2.45 bits per heavy atom. The first kappa shape index (κ1) is 13.1. The van der Waals surface area contributed by atoms with Gasteiger partial charge in [0.15, 0.2) is 11.5 Å². The number of hydrogen-bond donors (Lipinski definition) is 0. The number of fused-ring (bicyclic) bond motifs is 3. The molecule has 7 heteroatoms. The molecule has 0 unspecified atom stereocenters. The topological polar surface area (TPSA) is 74.5 Å². The Labute approximate surface area is 129 Å². The number of nitro benzene ring substituents is 1. The minimum Gasteiger partial charge on any atom is -0.486 e. The summed E-state index contributed by atoms with van der Waals surface area (Å²) in [5.41, 5.74) is 1.24. The number of rotatable bonds is 1. The molecule has 0 saturated carbocycles. The molecule has 0 fully saturated rings. The molecule has 2 aromatic carbocycles. The van der Waals surface area contributed by atoms with E-state index in [1.165, 1.54) is 12.1 Å². The zero-order valence-electron chi connectivity index (χ0n) is 11.2. The van der Waals surface area contributed by atoms with E-state index in [1.807, 2.05) is 0 Å². The number of aromatic nitrogens is 1. The van der Waals surface area contributed by atoms with E-state index in [0.29, 0.717) is 51.5 Å². The molecule has 0 aliphatic carbocycles. The smallest absolute Gasteiger partial charge is 0.270 e. The van der Waals surface area contributed by atoms with Gasteiger partial charge in [0.05, 0.1) is 21.0 Å². The molecule has 1 aliphatic heterocycles. The van der Waals surface area contributed by atoms with Crippen LogP contribution in [0, 0.1) is 10.1 Å². The van der Waals surface area contributed by atoms with E-state index >= 15 is 0 Å². The summed E-state index contributed by atoms with van der Waals surface area (Å²) in [4.78, 5) is 15.0. The quantitative estimate of drug-likeness (QED) is 0.388. The predicted octanol–water partition coefficient (Wildman–Crippen LogP) is 3.72. The Morgan fingerprint density at radius 1 is 1.05 bits per heavy atom.